The molecule has 0 nitrogen and oxygen atoms in total. The molecule has 0 spiro atoms. The molecule has 0 aliphatic rings. The summed E-state index contributed by atoms with van der Waals surface area (Å²) in [7, 11) is 0. The molecule has 0 atom stereocenters. The van der Waals surface area contributed by atoms with E-state index in [9.17, 15) is 8.78 Å². The molecule has 14 heavy (non-hydrogen) atoms. The number of alkyl halides is 2. The third-order valence-corrected chi connectivity index (χ3v) is 2.93. The molecule has 0 saturated carbocycles. The molecule has 78 valence electrons. The van der Waals surface area contributed by atoms with Crippen LogP contribution in [0.25, 0.3) is 0 Å². The summed E-state index contributed by atoms with van der Waals surface area (Å²) in [5.74, 6) is -1.72. The van der Waals surface area contributed by atoms with E-state index in [2.05, 4.69) is 0 Å². The van der Waals surface area contributed by atoms with Crippen LogP contribution in [0.1, 0.15) is 25.8 Å². The highest BCUT2D eigenvalue weighted by Gasteiger charge is 2.28. The molecule has 0 aliphatic carbocycles. The van der Waals surface area contributed by atoms with Gasteiger partial charge in [0.05, 0.1) is 0 Å². The Morgan fingerprint density at radius 3 is 2.14 bits per heavy atom. The lowest BCUT2D eigenvalue weighted by molar-refractivity contribution is -0.00833. The van der Waals surface area contributed by atoms with Gasteiger partial charge in [0.15, 0.2) is 0 Å². The van der Waals surface area contributed by atoms with Gasteiger partial charge in [-0.2, -0.15) is 0 Å². The molecule has 0 N–H and O–H groups in total. The molecular weight excluding hydrogens is 202 g/mol. The maximum Gasteiger partial charge on any atom is 0.273 e. The van der Waals surface area contributed by atoms with Gasteiger partial charge in [0.25, 0.3) is 5.92 Å². The second-order valence-electron chi connectivity index (χ2n) is 3.02. The van der Waals surface area contributed by atoms with Crippen molar-refractivity contribution in [2.45, 2.75) is 31.1 Å². The first kappa shape index (κ1) is 11.5. The van der Waals surface area contributed by atoms with E-state index in [0.717, 1.165) is 10.6 Å². The third-order valence-electron chi connectivity index (χ3n) is 2.03. The standard InChI is InChI=1S/C11H14F2S/c1-3-11(12,13)9-5-7-10(8-6-9)14-4-2/h5-8H,3-4H2,1-2H3. The summed E-state index contributed by atoms with van der Waals surface area (Å²) in [5, 5.41) is 0. The SMILES string of the molecule is CCSc1ccc(C(F)(F)CC)cc1. The van der Waals surface area contributed by atoms with Gasteiger partial charge in [0.1, 0.15) is 0 Å². The first-order chi connectivity index (χ1) is 6.60. The third kappa shape index (κ3) is 2.71. The van der Waals surface area contributed by atoms with E-state index in [1.807, 2.05) is 6.92 Å². The molecule has 0 fully saturated rings. The fourth-order valence-corrected chi connectivity index (χ4v) is 1.83. The minimum Gasteiger partial charge on any atom is -0.201 e. The topological polar surface area (TPSA) is 0 Å². The number of halogens is 2. The zero-order chi connectivity index (χ0) is 10.6. The smallest absolute Gasteiger partial charge is 0.201 e. The number of thioether (sulfide) groups is 1. The predicted octanol–water partition coefficient (Wildman–Crippen LogP) is 4.30. The van der Waals surface area contributed by atoms with E-state index in [4.69, 9.17) is 0 Å². The van der Waals surface area contributed by atoms with E-state index in [-0.39, 0.29) is 12.0 Å². The zero-order valence-electron chi connectivity index (χ0n) is 8.39. The molecule has 1 aromatic carbocycles. The van der Waals surface area contributed by atoms with Crippen molar-refractivity contribution in [1.82, 2.24) is 0 Å². The van der Waals surface area contributed by atoms with Crippen LogP contribution in [0, 0.1) is 0 Å². The Morgan fingerprint density at radius 1 is 1.14 bits per heavy atom. The molecule has 0 saturated heterocycles. The van der Waals surface area contributed by atoms with Crippen LogP contribution in [0.3, 0.4) is 0 Å². The van der Waals surface area contributed by atoms with Gasteiger partial charge in [-0.3, -0.25) is 0 Å². The van der Waals surface area contributed by atoms with Crippen LogP contribution in [-0.2, 0) is 5.92 Å². The molecule has 3 heteroatoms. The summed E-state index contributed by atoms with van der Waals surface area (Å²) in [6, 6.07) is 6.54. The monoisotopic (exact) mass is 216 g/mol. The van der Waals surface area contributed by atoms with Crippen LogP contribution in [0.4, 0.5) is 8.78 Å². The van der Waals surface area contributed by atoms with Crippen LogP contribution in [-0.4, -0.2) is 5.75 Å². The molecule has 1 rings (SSSR count). The Morgan fingerprint density at radius 2 is 1.71 bits per heavy atom. The summed E-state index contributed by atoms with van der Waals surface area (Å²) in [4.78, 5) is 1.04. The van der Waals surface area contributed by atoms with E-state index in [1.54, 1.807) is 23.9 Å². The first-order valence-electron chi connectivity index (χ1n) is 4.71. The number of benzene rings is 1. The van der Waals surface area contributed by atoms with Crippen molar-refractivity contribution in [2.75, 3.05) is 5.75 Å². The molecule has 0 aromatic heterocycles. The molecule has 0 unspecified atom stereocenters. The summed E-state index contributed by atoms with van der Waals surface area (Å²) in [5.41, 5.74) is 0.112. The Labute approximate surface area is 87.7 Å². The number of hydrogen-bond acceptors (Lipinski definition) is 1. The van der Waals surface area contributed by atoms with E-state index in [1.165, 1.54) is 19.1 Å². The molecule has 0 bridgehead atoms. The van der Waals surface area contributed by atoms with Crippen LogP contribution < -0.4 is 0 Å². The molecular formula is C11H14F2S. The molecule has 0 aliphatic heterocycles. The van der Waals surface area contributed by atoms with Crippen molar-refractivity contribution in [3.05, 3.63) is 29.8 Å². The van der Waals surface area contributed by atoms with Gasteiger partial charge in [-0.05, 0) is 17.9 Å². The van der Waals surface area contributed by atoms with Gasteiger partial charge in [-0.1, -0.05) is 26.0 Å². The molecule has 1 aromatic rings. The average Bonchev–Trinajstić information content (AvgIpc) is 2.19. The summed E-state index contributed by atoms with van der Waals surface area (Å²) < 4.78 is 26.4. The van der Waals surface area contributed by atoms with Crippen LogP contribution >= 0.6 is 11.8 Å². The Kier molecular flexibility index (Phi) is 3.93. The summed E-state index contributed by atoms with van der Waals surface area (Å²) >= 11 is 1.66. The second kappa shape index (κ2) is 4.78. The molecule has 0 amide bonds. The van der Waals surface area contributed by atoms with Gasteiger partial charge in [-0.15, -0.1) is 11.8 Å². The Hall–Kier alpha value is -0.570. The average molecular weight is 216 g/mol. The molecule has 0 heterocycles. The zero-order valence-corrected chi connectivity index (χ0v) is 9.20. The maximum atomic E-state index is 13.2. The van der Waals surface area contributed by atoms with Gasteiger partial charge in [-0.25, -0.2) is 8.78 Å². The largest absolute Gasteiger partial charge is 0.273 e. The molecule has 0 radical (unpaired) electrons. The van der Waals surface area contributed by atoms with Gasteiger partial charge in [0, 0.05) is 16.9 Å². The van der Waals surface area contributed by atoms with Gasteiger partial charge >= 0.3 is 0 Å². The normalized spacial score (nSPS) is 11.7. The fraction of sp³-hybridized carbons (Fsp3) is 0.455. The number of rotatable bonds is 4. The van der Waals surface area contributed by atoms with Crippen LogP contribution in [0.5, 0.6) is 0 Å². The lowest BCUT2D eigenvalue weighted by Crippen LogP contribution is -2.10. The minimum absolute atomic E-state index is 0.112. The Bertz CT molecular complexity index is 280. The highest BCUT2D eigenvalue weighted by Crippen LogP contribution is 2.32. The first-order valence-corrected chi connectivity index (χ1v) is 5.70. The highest BCUT2D eigenvalue weighted by atomic mass is 32.2. The lowest BCUT2D eigenvalue weighted by Gasteiger charge is -2.14. The van der Waals surface area contributed by atoms with Crippen molar-refractivity contribution in [2.24, 2.45) is 0 Å². The fourth-order valence-electron chi connectivity index (χ4n) is 1.17. The van der Waals surface area contributed by atoms with Crippen molar-refractivity contribution in [3.63, 3.8) is 0 Å². The van der Waals surface area contributed by atoms with Crippen molar-refractivity contribution in [3.8, 4) is 0 Å². The lowest BCUT2D eigenvalue weighted by atomic mass is 10.1. The van der Waals surface area contributed by atoms with Crippen LogP contribution in [0.2, 0.25) is 0 Å². The van der Waals surface area contributed by atoms with Gasteiger partial charge in [0.2, 0.25) is 0 Å². The van der Waals surface area contributed by atoms with Gasteiger partial charge < -0.3 is 0 Å². The van der Waals surface area contributed by atoms with E-state index < -0.39 is 5.92 Å². The van der Waals surface area contributed by atoms with Crippen molar-refractivity contribution >= 4 is 11.8 Å². The second-order valence-corrected chi connectivity index (χ2v) is 4.35. The maximum absolute atomic E-state index is 13.2. The van der Waals surface area contributed by atoms with E-state index >= 15 is 0 Å². The summed E-state index contributed by atoms with van der Waals surface area (Å²) in [6.45, 7) is 3.54. The number of hydrogen-bond donors (Lipinski definition) is 0. The predicted molar refractivity (Wildman–Crippen MR) is 57.0 cm³/mol. The minimum atomic E-state index is -2.69. The van der Waals surface area contributed by atoms with Crippen molar-refractivity contribution in [1.29, 1.82) is 0 Å². The van der Waals surface area contributed by atoms with E-state index in [0.29, 0.717) is 0 Å². The highest BCUT2D eigenvalue weighted by molar-refractivity contribution is 7.99. The summed E-state index contributed by atoms with van der Waals surface area (Å²) in [6.07, 6.45) is -0.146. The quantitative estimate of drug-likeness (QED) is 0.676. The van der Waals surface area contributed by atoms with Crippen LogP contribution in [0.15, 0.2) is 29.2 Å². The Balaban J connectivity index is 2.82. The van der Waals surface area contributed by atoms with Crippen molar-refractivity contribution < 1.29 is 8.78 Å².